The zero-order valence-corrected chi connectivity index (χ0v) is 18.9. The highest BCUT2D eigenvalue weighted by molar-refractivity contribution is 7.10. The molecule has 1 atom stereocenters. The molecular formula is C25H27NO4S. The summed E-state index contributed by atoms with van der Waals surface area (Å²) < 4.78 is 16.5. The second-order valence-electron chi connectivity index (χ2n) is 7.47. The summed E-state index contributed by atoms with van der Waals surface area (Å²) in [5.74, 6) is 2.38. The number of thiophene rings is 1. The number of rotatable bonds is 7. The maximum atomic E-state index is 13.4. The van der Waals surface area contributed by atoms with Crippen LogP contribution in [0.25, 0.3) is 0 Å². The molecule has 1 aliphatic heterocycles. The lowest BCUT2D eigenvalue weighted by Gasteiger charge is -2.37. The summed E-state index contributed by atoms with van der Waals surface area (Å²) in [5.41, 5.74) is 3.36. The fraction of sp³-hybridized carbons (Fsp3) is 0.320. The van der Waals surface area contributed by atoms with E-state index in [0.29, 0.717) is 25.1 Å². The van der Waals surface area contributed by atoms with Gasteiger partial charge >= 0.3 is 0 Å². The molecule has 0 radical (unpaired) electrons. The predicted molar refractivity (Wildman–Crippen MR) is 122 cm³/mol. The maximum Gasteiger partial charge on any atom is 0.223 e. The summed E-state index contributed by atoms with van der Waals surface area (Å²) in [5, 5.41) is 2.06. The molecule has 31 heavy (non-hydrogen) atoms. The number of fused-ring (bicyclic) bond motifs is 1. The van der Waals surface area contributed by atoms with Gasteiger partial charge in [-0.05, 0) is 59.2 Å². The molecule has 0 bridgehead atoms. The molecule has 0 aliphatic carbocycles. The third-order valence-electron chi connectivity index (χ3n) is 5.81. The molecule has 1 aromatic heterocycles. The van der Waals surface area contributed by atoms with E-state index in [-0.39, 0.29) is 11.9 Å². The lowest BCUT2D eigenvalue weighted by molar-refractivity contribution is -0.133. The fourth-order valence-corrected chi connectivity index (χ4v) is 5.12. The van der Waals surface area contributed by atoms with Crippen LogP contribution in [0.4, 0.5) is 0 Å². The Bertz CT molecular complexity index is 1050. The smallest absolute Gasteiger partial charge is 0.223 e. The van der Waals surface area contributed by atoms with Crippen LogP contribution in [-0.2, 0) is 17.6 Å². The highest BCUT2D eigenvalue weighted by atomic mass is 32.1. The van der Waals surface area contributed by atoms with Gasteiger partial charge in [-0.3, -0.25) is 4.79 Å². The second kappa shape index (κ2) is 9.43. The number of hydrogen-bond acceptors (Lipinski definition) is 5. The van der Waals surface area contributed by atoms with Gasteiger partial charge in [-0.1, -0.05) is 24.3 Å². The van der Waals surface area contributed by atoms with Crippen LogP contribution in [0.5, 0.6) is 17.2 Å². The minimum atomic E-state index is -0.117. The van der Waals surface area contributed by atoms with E-state index < -0.39 is 0 Å². The Kier molecular flexibility index (Phi) is 6.47. The normalized spacial score (nSPS) is 15.3. The van der Waals surface area contributed by atoms with Crippen molar-refractivity contribution in [1.29, 1.82) is 0 Å². The van der Waals surface area contributed by atoms with E-state index >= 15 is 0 Å². The number of para-hydroxylation sites is 1. The summed E-state index contributed by atoms with van der Waals surface area (Å²) in [6.07, 6.45) is 1.87. The molecule has 2 heterocycles. The van der Waals surface area contributed by atoms with Crippen LogP contribution in [0.2, 0.25) is 0 Å². The number of carbonyl (C=O) groups excluding carboxylic acids is 1. The molecule has 6 heteroatoms. The Morgan fingerprint density at radius 3 is 2.45 bits per heavy atom. The van der Waals surface area contributed by atoms with Crippen molar-refractivity contribution in [3.05, 3.63) is 75.5 Å². The van der Waals surface area contributed by atoms with Gasteiger partial charge in [0.1, 0.15) is 5.75 Å². The first-order valence-corrected chi connectivity index (χ1v) is 11.2. The van der Waals surface area contributed by atoms with Gasteiger partial charge in [0.15, 0.2) is 11.5 Å². The van der Waals surface area contributed by atoms with Crippen molar-refractivity contribution < 1.29 is 19.0 Å². The molecule has 162 valence electrons. The Balaban J connectivity index is 1.64. The van der Waals surface area contributed by atoms with E-state index in [1.807, 2.05) is 47.4 Å². The number of hydrogen-bond donors (Lipinski definition) is 0. The molecule has 3 aromatic rings. The molecule has 0 saturated carbocycles. The van der Waals surface area contributed by atoms with Crippen LogP contribution in [0.1, 0.15) is 34.0 Å². The lowest BCUT2D eigenvalue weighted by Crippen LogP contribution is -2.40. The third-order valence-corrected chi connectivity index (χ3v) is 6.73. The van der Waals surface area contributed by atoms with Crippen LogP contribution < -0.4 is 14.2 Å². The summed E-state index contributed by atoms with van der Waals surface area (Å²) in [4.78, 5) is 16.6. The minimum absolute atomic E-state index is 0.117. The predicted octanol–water partition coefficient (Wildman–Crippen LogP) is 4.88. The van der Waals surface area contributed by atoms with Gasteiger partial charge in [-0.25, -0.2) is 0 Å². The number of aryl methyl sites for hydroxylation is 1. The first kappa shape index (κ1) is 21.2. The summed E-state index contributed by atoms with van der Waals surface area (Å²) in [6, 6.07) is 16.0. The first-order valence-electron chi connectivity index (χ1n) is 10.4. The van der Waals surface area contributed by atoms with E-state index in [9.17, 15) is 4.79 Å². The standard InChI is InChI=1S/C25H27NO4S/c1-28-20-8-5-4-7-17(20)10-11-24(27)26-13-12-18-15-21(29-2)22(30-3)16-19(18)25(26)23-9-6-14-31-23/h4-9,14-16,25H,10-13H2,1-3H3. The number of benzene rings is 2. The van der Waals surface area contributed by atoms with Gasteiger partial charge in [-0.2, -0.15) is 0 Å². The maximum absolute atomic E-state index is 13.4. The fourth-order valence-electron chi connectivity index (χ4n) is 4.26. The van der Waals surface area contributed by atoms with Crippen molar-refractivity contribution in [2.45, 2.75) is 25.3 Å². The van der Waals surface area contributed by atoms with Crippen molar-refractivity contribution >= 4 is 17.2 Å². The SMILES string of the molecule is COc1ccccc1CCC(=O)N1CCc2cc(OC)c(OC)cc2C1c1cccs1. The molecule has 0 N–H and O–H groups in total. The summed E-state index contributed by atoms with van der Waals surface area (Å²) in [6.45, 7) is 0.676. The molecule has 0 spiro atoms. The average Bonchev–Trinajstić information content (AvgIpc) is 3.35. The van der Waals surface area contributed by atoms with Gasteiger partial charge < -0.3 is 19.1 Å². The number of ether oxygens (including phenoxy) is 3. The van der Waals surface area contributed by atoms with Crippen molar-refractivity contribution in [3.8, 4) is 17.2 Å². The topological polar surface area (TPSA) is 48.0 Å². The Labute approximate surface area is 187 Å². The summed E-state index contributed by atoms with van der Waals surface area (Å²) in [7, 11) is 4.96. The monoisotopic (exact) mass is 437 g/mol. The average molecular weight is 438 g/mol. The highest BCUT2D eigenvalue weighted by Crippen LogP contribution is 2.42. The van der Waals surface area contributed by atoms with E-state index in [4.69, 9.17) is 14.2 Å². The van der Waals surface area contributed by atoms with Gasteiger partial charge in [0.05, 0.1) is 27.4 Å². The number of amides is 1. The van der Waals surface area contributed by atoms with E-state index in [1.165, 1.54) is 5.56 Å². The molecular weight excluding hydrogens is 410 g/mol. The van der Waals surface area contributed by atoms with Crippen molar-refractivity contribution in [2.75, 3.05) is 27.9 Å². The van der Waals surface area contributed by atoms with E-state index in [0.717, 1.165) is 33.9 Å². The molecule has 1 amide bonds. The third kappa shape index (κ3) is 4.26. The Morgan fingerprint density at radius 2 is 1.74 bits per heavy atom. The largest absolute Gasteiger partial charge is 0.496 e. The second-order valence-corrected chi connectivity index (χ2v) is 8.45. The molecule has 0 saturated heterocycles. The molecule has 1 aliphatic rings. The first-order chi connectivity index (χ1) is 15.2. The molecule has 0 fully saturated rings. The minimum Gasteiger partial charge on any atom is -0.496 e. The lowest BCUT2D eigenvalue weighted by atomic mass is 9.90. The van der Waals surface area contributed by atoms with Crippen LogP contribution in [0.3, 0.4) is 0 Å². The molecule has 5 nitrogen and oxygen atoms in total. The summed E-state index contributed by atoms with van der Waals surface area (Å²) >= 11 is 1.67. The Morgan fingerprint density at radius 1 is 1.00 bits per heavy atom. The van der Waals surface area contributed by atoms with Gasteiger partial charge in [0.2, 0.25) is 5.91 Å². The number of methoxy groups -OCH3 is 3. The molecule has 1 unspecified atom stereocenters. The van der Waals surface area contributed by atoms with Crippen LogP contribution in [0.15, 0.2) is 53.9 Å². The van der Waals surface area contributed by atoms with E-state index in [2.05, 4.69) is 11.4 Å². The van der Waals surface area contributed by atoms with Crippen molar-refractivity contribution in [3.63, 3.8) is 0 Å². The van der Waals surface area contributed by atoms with Crippen LogP contribution in [-0.4, -0.2) is 38.7 Å². The zero-order valence-electron chi connectivity index (χ0n) is 18.1. The van der Waals surface area contributed by atoms with Crippen LogP contribution in [0, 0.1) is 0 Å². The van der Waals surface area contributed by atoms with Crippen LogP contribution >= 0.6 is 11.3 Å². The number of carbonyl (C=O) groups is 1. The van der Waals surface area contributed by atoms with Crippen molar-refractivity contribution in [1.82, 2.24) is 4.90 Å². The highest BCUT2D eigenvalue weighted by Gasteiger charge is 2.33. The zero-order chi connectivity index (χ0) is 21.8. The van der Waals surface area contributed by atoms with Gasteiger partial charge in [-0.15, -0.1) is 11.3 Å². The van der Waals surface area contributed by atoms with Gasteiger partial charge in [0, 0.05) is 17.8 Å². The van der Waals surface area contributed by atoms with Crippen molar-refractivity contribution in [2.24, 2.45) is 0 Å². The number of nitrogens with zero attached hydrogens (tertiary/aromatic N) is 1. The Hall–Kier alpha value is -2.99. The van der Waals surface area contributed by atoms with Gasteiger partial charge in [0.25, 0.3) is 0 Å². The molecule has 4 rings (SSSR count). The molecule has 2 aromatic carbocycles. The van der Waals surface area contributed by atoms with E-state index in [1.54, 1.807) is 32.7 Å². The quantitative estimate of drug-likeness (QED) is 0.529.